The van der Waals surface area contributed by atoms with E-state index in [0.29, 0.717) is 11.8 Å². The normalized spacial score (nSPS) is 21.6. The third-order valence-corrected chi connectivity index (χ3v) is 10.8. The number of allylic oxidation sites excluding steroid dienone is 3. The van der Waals surface area contributed by atoms with Crippen LogP contribution in [0.5, 0.6) is 0 Å². The summed E-state index contributed by atoms with van der Waals surface area (Å²) in [7, 11) is 0. The summed E-state index contributed by atoms with van der Waals surface area (Å²) in [4.78, 5) is 2.55. The summed E-state index contributed by atoms with van der Waals surface area (Å²) in [5.74, 6) is 0.847. The first-order valence-electron chi connectivity index (χ1n) is 17.0. The molecule has 1 aliphatic heterocycles. The van der Waals surface area contributed by atoms with E-state index in [0.717, 1.165) is 19.3 Å². The molecule has 0 N–H and O–H groups in total. The number of hydrogen-bond donors (Lipinski definition) is 0. The van der Waals surface area contributed by atoms with E-state index in [1.54, 1.807) is 5.57 Å². The topological polar surface area (TPSA) is 8.17 Å². The largest absolute Gasteiger partial charge is 0.331 e. The molecular weight excluding hydrogens is 556 g/mol. The Balaban J connectivity index is 1.09. The Bertz CT molecular complexity index is 2080. The lowest BCUT2D eigenvalue weighted by Gasteiger charge is -2.40. The van der Waals surface area contributed by atoms with E-state index in [1.807, 2.05) is 0 Å². The van der Waals surface area contributed by atoms with Crippen LogP contribution in [0.25, 0.3) is 22.7 Å². The summed E-state index contributed by atoms with van der Waals surface area (Å²) >= 11 is 0. The molecule has 0 amide bonds. The molecule has 2 aliphatic carbocycles. The summed E-state index contributed by atoms with van der Waals surface area (Å²) in [6.45, 7) is 13.7. The van der Waals surface area contributed by atoms with Crippen molar-refractivity contribution in [3.63, 3.8) is 0 Å². The Hall–Kier alpha value is -4.56. The number of anilines is 2. The highest BCUT2D eigenvalue weighted by Crippen LogP contribution is 2.54. The van der Waals surface area contributed by atoms with Gasteiger partial charge in [0, 0.05) is 45.5 Å². The summed E-state index contributed by atoms with van der Waals surface area (Å²) < 4.78 is 2.52. The Morgan fingerprint density at radius 1 is 0.804 bits per heavy atom. The maximum absolute atomic E-state index is 2.55. The minimum atomic E-state index is -0.112. The third-order valence-electron chi connectivity index (χ3n) is 10.8. The van der Waals surface area contributed by atoms with Crippen molar-refractivity contribution in [3.8, 4) is 5.69 Å². The molecule has 2 heteroatoms. The number of rotatable bonds is 5. The van der Waals surface area contributed by atoms with Crippen LogP contribution in [0.4, 0.5) is 11.4 Å². The van der Waals surface area contributed by atoms with Crippen molar-refractivity contribution in [2.45, 2.75) is 78.2 Å². The predicted octanol–water partition coefficient (Wildman–Crippen LogP) is 11.6. The fraction of sp³-hybridized carbons (Fsp3) is 0.273. The van der Waals surface area contributed by atoms with Crippen molar-refractivity contribution in [2.24, 2.45) is 0 Å². The second-order valence-corrected chi connectivity index (χ2v) is 14.3. The first kappa shape index (κ1) is 28.9. The fourth-order valence-corrected chi connectivity index (χ4v) is 8.44. The van der Waals surface area contributed by atoms with Crippen molar-refractivity contribution in [2.75, 3.05) is 4.90 Å². The van der Waals surface area contributed by atoms with Crippen LogP contribution in [0.2, 0.25) is 0 Å². The van der Waals surface area contributed by atoms with Gasteiger partial charge in [0.15, 0.2) is 0 Å². The van der Waals surface area contributed by atoms with E-state index in [9.17, 15) is 0 Å². The number of fused-ring (bicyclic) bond motifs is 6. The molecule has 0 fully saturated rings. The first-order valence-corrected chi connectivity index (χ1v) is 17.0. The lowest BCUT2D eigenvalue weighted by atomic mass is 9.78. The number of aryl methyl sites for hydroxylation is 2. The quantitative estimate of drug-likeness (QED) is 0.195. The van der Waals surface area contributed by atoms with Crippen LogP contribution in [0.15, 0.2) is 114 Å². The summed E-state index contributed by atoms with van der Waals surface area (Å²) in [6.07, 6.45) is 12.8. The van der Waals surface area contributed by atoms with Crippen LogP contribution in [0, 0.1) is 13.8 Å². The molecule has 3 aliphatic rings. The van der Waals surface area contributed by atoms with Crippen molar-refractivity contribution in [1.82, 2.24) is 4.57 Å². The maximum Gasteiger partial charge on any atom is 0.0712 e. The molecule has 3 atom stereocenters. The van der Waals surface area contributed by atoms with Gasteiger partial charge in [0.25, 0.3) is 0 Å². The number of benzene rings is 4. The van der Waals surface area contributed by atoms with Crippen LogP contribution in [0.3, 0.4) is 0 Å². The number of nitrogens with zero attached hydrogens (tertiary/aromatic N) is 2. The molecular formula is C44H44N2. The Morgan fingerprint density at radius 3 is 2.20 bits per heavy atom. The van der Waals surface area contributed by atoms with Crippen molar-refractivity contribution in [3.05, 3.63) is 153 Å². The standard InChI is InChI=1S/C44H44N2/c1-7-32-25-31(5)43-38(27-32)37-22-28(2)8-18-41(37)45(43)35-14-10-33(11-15-35)26-34-12-16-36(17-13-34)46-42-19-9-29(3)23-39(42)40-24-30(4)20-21-44(40,46)6/h8-24,27,31,40H,7,25-26H2,1-6H3. The molecule has 3 unspecified atom stereocenters. The Morgan fingerprint density at radius 2 is 1.48 bits per heavy atom. The van der Waals surface area contributed by atoms with Gasteiger partial charge in [-0.1, -0.05) is 103 Å². The van der Waals surface area contributed by atoms with E-state index >= 15 is 0 Å². The lowest BCUT2D eigenvalue weighted by Crippen LogP contribution is -2.42. The molecule has 0 radical (unpaired) electrons. The Kier molecular flexibility index (Phi) is 6.76. The van der Waals surface area contributed by atoms with Gasteiger partial charge in [-0.25, -0.2) is 0 Å². The van der Waals surface area contributed by atoms with E-state index in [-0.39, 0.29) is 5.54 Å². The molecule has 8 rings (SSSR count). The zero-order valence-corrected chi connectivity index (χ0v) is 28.1. The molecule has 0 saturated carbocycles. The van der Waals surface area contributed by atoms with Gasteiger partial charge in [0.2, 0.25) is 0 Å². The molecule has 230 valence electrons. The second-order valence-electron chi connectivity index (χ2n) is 14.3. The molecule has 0 spiro atoms. The van der Waals surface area contributed by atoms with Gasteiger partial charge in [0.1, 0.15) is 0 Å². The fourth-order valence-electron chi connectivity index (χ4n) is 8.44. The zero-order chi connectivity index (χ0) is 31.7. The van der Waals surface area contributed by atoms with Gasteiger partial charge in [-0.2, -0.15) is 0 Å². The van der Waals surface area contributed by atoms with Crippen LogP contribution in [-0.4, -0.2) is 10.1 Å². The third kappa shape index (κ3) is 4.53. The van der Waals surface area contributed by atoms with Crippen molar-refractivity contribution < 1.29 is 0 Å². The highest BCUT2D eigenvalue weighted by atomic mass is 15.2. The molecule has 1 aromatic heterocycles. The van der Waals surface area contributed by atoms with Gasteiger partial charge in [-0.05, 0) is 106 Å². The highest BCUT2D eigenvalue weighted by molar-refractivity contribution is 5.94. The molecule has 5 aromatic rings. The average molecular weight is 601 g/mol. The lowest BCUT2D eigenvalue weighted by molar-refractivity contribution is 0.539. The van der Waals surface area contributed by atoms with Gasteiger partial charge in [-0.15, -0.1) is 0 Å². The highest BCUT2D eigenvalue weighted by Gasteiger charge is 2.47. The second kappa shape index (κ2) is 10.8. The van der Waals surface area contributed by atoms with Crippen molar-refractivity contribution in [1.29, 1.82) is 0 Å². The molecule has 4 aromatic carbocycles. The SMILES string of the molecule is CCC1=Cc2c(n(-c3ccc(Cc4ccc(N5c6ccc(C)cc6C6C=C(C)C=CC65C)cc4)cc3)c3ccc(C)cc23)C(C)C1. The number of hydrogen-bond acceptors (Lipinski definition) is 1. The molecule has 0 bridgehead atoms. The predicted molar refractivity (Wildman–Crippen MR) is 196 cm³/mol. The minimum absolute atomic E-state index is 0.112. The molecule has 0 saturated heterocycles. The van der Waals surface area contributed by atoms with Crippen LogP contribution < -0.4 is 4.90 Å². The summed E-state index contributed by atoms with van der Waals surface area (Å²) in [5.41, 5.74) is 17.5. The monoisotopic (exact) mass is 600 g/mol. The zero-order valence-electron chi connectivity index (χ0n) is 28.1. The van der Waals surface area contributed by atoms with Gasteiger partial charge >= 0.3 is 0 Å². The van der Waals surface area contributed by atoms with Crippen LogP contribution in [-0.2, 0) is 6.42 Å². The number of aromatic nitrogens is 1. The minimum Gasteiger partial charge on any atom is -0.331 e. The molecule has 2 heterocycles. The van der Waals surface area contributed by atoms with Gasteiger partial charge < -0.3 is 9.47 Å². The first-order chi connectivity index (χ1) is 22.2. The summed E-state index contributed by atoms with van der Waals surface area (Å²) in [6, 6.07) is 32.4. The van der Waals surface area contributed by atoms with Crippen molar-refractivity contribution >= 4 is 28.4 Å². The van der Waals surface area contributed by atoms with E-state index < -0.39 is 0 Å². The van der Waals surface area contributed by atoms with E-state index in [1.165, 1.54) is 72.6 Å². The van der Waals surface area contributed by atoms with Gasteiger partial charge in [-0.3, -0.25) is 0 Å². The van der Waals surface area contributed by atoms with Gasteiger partial charge in [0.05, 0.1) is 11.1 Å². The maximum atomic E-state index is 2.55. The average Bonchev–Trinajstić information content (AvgIpc) is 3.50. The molecule has 46 heavy (non-hydrogen) atoms. The van der Waals surface area contributed by atoms with E-state index in [2.05, 4.69) is 160 Å². The van der Waals surface area contributed by atoms with E-state index in [4.69, 9.17) is 0 Å². The Labute approximate surface area is 274 Å². The van der Waals surface area contributed by atoms with Crippen LogP contribution in [0.1, 0.15) is 91.4 Å². The molecule has 2 nitrogen and oxygen atoms in total. The smallest absolute Gasteiger partial charge is 0.0712 e. The summed E-state index contributed by atoms with van der Waals surface area (Å²) in [5, 5.41) is 1.38. The van der Waals surface area contributed by atoms with Crippen LogP contribution >= 0.6 is 0 Å².